The summed E-state index contributed by atoms with van der Waals surface area (Å²) in [6.07, 6.45) is 0. The standard InChI is InChI=1S/C19H22N2O3/c1-13-15-8-5-4-7-14(15)12-21(13)19(22)20-11-16-17(23-2)9-6-10-18(16)24-3/h4-10,13H,11-12H2,1-3H3,(H,20,22)/t13-/m0/s1. The van der Waals surface area contributed by atoms with Crippen molar-refractivity contribution in [1.29, 1.82) is 0 Å². The molecule has 1 aliphatic heterocycles. The maximum Gasteiger partial charge on any atom is 0.318 e. The maximum atomic E-state index is 12.6. The third-order valence-corrected chi connectivity index (χ3v) is 4.52. The number of urea groups is 1. The Kier molecular flexibility index (Phi) is 4.60. The van der Waals surface area contributed by atoms with Crippen LogP contribution < -0.4 is 14.8 Å². The Morgan fingerprint density at radius 1 is 1.12 bits per heavy atom. The zero-order valence-corrected chi connectivity index (χ0v) is 14.2. The molecule has 0 fully saturated rings. The first-order chi connectivity index (χ1) is 11.7. The van der Waals surface area contributed by atoms with Gasteiger partial charge in [-0.15, -0.1) is 0 Å². The van der Waals surface area contributed by atoms with E-state index < -0.39 is 0 Å². The molecule has 1 heterocycles. The van der Waals surface area contributed by atoms with Crippen molar-refractivity contribution in [3.63, 3.8) is 0 Å². The topological polar surface area (TPSA) is 50.8 Å². The molecule has 1 aliphatic rings. The fraction of sp³-hybridized carbons (Fsp3) is 0.316. The minimum absolute atomic E-state index is 0.0702. The normalized spacial score (nSPS) is 15.8. The van der Waals surface area contributed by atoms with E-state index in [1.807, 2.05) is 35.2 Å². The second-order valence-electron chi connectivity index (χ2n) is 5.80. The first kappa shape index (κ1) is 16.2. The smallest absolute Gasteiger partial charge is 0.318 e. The second kappa shape index (κ2) is 6.83. The Morgan fingerprint density at radius 2 is 1.79 bits per heavy atom. The van der Waals surface area contributed by atoms with Crippen LogP contribution in [0.2, 0.25) is 0 Å². The third kappa shape index (κ3) is 2.89. The van der Waals surface area contributed by atoms with Crippen LogP contribution in [0.1, 0.15) is 29.7 Å². The Labute approximate surface area is 142 Å². The SMILES string of the molecule is COc1cccc(OC)c1CNC(=O)N1Cc2ccccc2[C@@H]1C. The molecule has 0 spiro atoms. The summed E-state index contributed by atoms with van der Waals surface area (Å²) in [6.45, 7) is 3.03. The number of amides is 2. The highest BCUT2D eigenvalue weighted by Gasteiger charge is 2.30. The predicted molar refractivity (Wildman–Crippen MR) is 92.2 cm³/mol. The van der Waals surface area contributed by atoms with Gasteiger partial charge in [0.15, 0.2) is 0 Å². The number of benzene rings is 2. The third-order valence-electron chi connectivity index (χ3n) is 4.52. The van der Waals surface area contributed by atoms with Crippen molar-refractivity contribution in [2.45, 2.75) is 26.1 Å². The first-order valence-electron chi connectivity index (χ1n) is 7.97. The number of fused-ring (bicyclic) bond motifs is 1. The zero-order chi connectivity index (χ0) is 17.1. The molecule has 2 aromatic rings. The quantitative estimate of drug-likeness (QED) is 0.936. The second-order valence-corrected chi connectivity index (χ2v) is 5.80. The number of hydrogen-bond donors (Lipinski definition) is 1. The van der Waals surface area contributed by atoms with Crippen LogP contribution >= 0.6 is 0 Å². The summed E-state index contributed by atoms with van der Waals surface area (Å²) in [4.78, 5) is 14.5. The zero-order valence-electron chi connectivity index (χ0n) is 14.2. The lowest BCUT2D eigenvalue weighted by molar-refractivity contribution is 0.184. The van der Waals surface area contributed by atoms with E-state index >= 15 is 0 Å². The summed E-state index contributed by atoms with van der Waals surface area (Å²) in [7, 11) is 3.22. The van der Waals surface area contributed by atoms with Gasteiger partial charge in [0.2, 0.25) is 0 Å². The van der Waals surface area contributed by atoms with Gasteiger partial charge in [0, 0.05) is 6.54 Å². The van der Waals surface area contributed by atoms with Gasteiger partial charge in [-0.1, -0.05) is 30.3 Å². The van der Waals surface area contributed by atoms with Crippen LogP contribution in [0.4, 0.5) is 4.79 Å². The van der Waals surface area contributed by atoms with Gasteiger partial charge in [-0.2, -0.15) is 0 Å². The van der Waals surface area contributed by atoms with Crippen molar-refractivity contribution in [3.05, 3.63) is 59.2 Å². The summed E-state index contributed by atoms with van der Waals surface area (Å²) in [6, 6.07) is 13.7. The van der Waals surface area contributed by atoms with Gasteiger partial charge >= 0.3 is 6.03 Å². The average Bonchev–Trinajstić information content (AvgIpc) is 2.96. The fourth-order valence-electron chi connectivity index (χ4n) is 3.19. The molecule has 24 heavy (non-hydrogen) atoms. The maximum absolute atomic E-state index is 12.6. The van der Waals surface area contributed by atoms with Crippen molar-refractivity contribution in [2.24, 2.45) is 0 Å². The molecule has 5 nitrogen and oxygen atoms in total. The summed E-state index contributed by atoms with van der Waals surface area (Å²) >= 11 is 0. The lowest BCUT2D eigenvalue weighted by Crippen LogP contribution is -2.37. The molecule has 0 saturated heterocycles. The molecule has 0 aromatic heterocycles. The molecule has 126 valence electrons. The number of rotatable bonds is 4. The number of methoxy groups -OCH3 is 2. The number of carbonyl (C=O) groups excluding carboxylic acids is 1. The van der Waals surface area contributed by atoms with E-state index in [0.29, 0.717) is 24.6 Å². The van der Waals surface area contributed by atoms with Crippen LogP contribution in [-0.4, -0.2) is 25.2 Å². The van der Waals surface area contributed by atoms with E-state index in [9.17, 15) is 4.79 Å². The van der Waals surface area contributed by atoms with Crippen LogP contribution in [0.15, 0.2) is 42.5 Å². The molecular formula is C19H22N2O3. The largest absolute Gasteiger partial charge is 0.496 e. The molecule has 0 aliphatic carbocycles. The molecule has 0 bridgehead atoms. The molecule has 2 amide bonds. The fourth-order valence-corrected chi connectivity index (χ4v) is 3.19. The Bertz CT molecular complexity index is 723. The minimum Gasteiger partial charge on any atom is -0.496 e. The van der Waals surface area contributed by atoms with Crippen molar-refractivity contribution < 1.29 is 14.3 Å². The minimum atomic E-state index is -0.0911. The predicted octanol–water partition coefficient (Wildman–Crippen LogP) is 3.49. The lowest BCUT2D eigenvalue weighted by Gasteiger charge is -2.23. The van der Waals surface area contributed by atoms with Gasteiger partial charge < -0.3 is 19.7 Å². The molecule has 3 rings (SSSR count). The van der Waals surface area contributed by atoms with Crippen molar-refractivity contribution in [2.75, 3.05) is 14.2 Å². The lowest BCUT2D eigenvalue weighted by atomic mass is 10.1. The van der Waals surface area contributed by atoms with Crippen LogP contribution in [0.5, 0.6) is 11.5 Å². The van der Waals surface area contributed by atoms with Crippen LogP contribution in [0.25, 0.3) is 0 Å². The van der Waals surface area contributed by atoms with Crippen LogP contribution in [-0.2, 0) is 13.1 Å². The Hall–Kier alpha value is -2.69. The Morgan fingerprint density at radius 3 is 2.42 bits per heavy atom. The molecular weight excluding hydrogens is 304 g/mol. The first-order valence-corrected chi connectivity index (χ1v) is 7.97. The van der Waals surface area contributed by atoms with Crippen LogP contribution in [0, 0.1) is 0 Å². The molecule has 5 heteroatoms. The molecule has 2 aromatic carbocycles. The number of carbonyl (C=O) groups is 1. The number of nitrogens with zero attached hydrogens (tertiary/aromatic N) is 1. The van der Waals surface area contributed by atoms with Gasteiger partial charge in [0.1, 0.15) is 11.5 Å². The molecule has 0 saturated carbocycles. The summed E-state index contributed by atoms with van der Waals surface area (Å²) in [5.74, 6) is 1.40. The average molecular weight is 326 g/mol. The van der Waals surface area contributed by atoms with Crippen LogP contribution in [0.3, 0.4) is 0 Å². The highest BCUT2D eigenvalue weighted by atomic mass is 16.5. The van der Waals surface area contributed by atoms with E-state index in [0.717, 1.165) is 5.56 Å². The van der Waals surface area contributed by atoms with Crippen molar-refractivity contribution >= 4 is 6.03 Å². The Balaban J connectivity index is 1.72. The van der Waals surface area contributed by atoms with E-state index in [1.165, 1.54) is 11.1 Å². The van der Waals surface area contributed by atoms with Gasteiger partial charge in [-0.25, -0.2) is 4.79 Å². The van der Waals surface area contributed by atoms with Gasteiger partial charge in [0.05, 0.1) is 32.4 Å². The number of ether oxygens (including phenoxy) is 2. The monoisotopic (exact) mass is 326 g/mol. The van der Waals surface area contributed by atoms with E-state index in [2.05, 4.69) is 24.4 Å². The van der Waals surface area contributed by atoms with E-state index in [1.54, 1.807) is 14.2 Å². The van der Waals surface area contributed by atoms with E-state index in [-0.39, 0.29) is 12.1 Å². The van der Waals surface area contributed by atoms with Gasteiger partial charge in [-0.3, -0.25) is 0 Å². The van der Waals surface area contributed by atoms with Crippen molar-refractivity contribution in [3.8, 4) is 11.5 Å². The number of nitrogens with one attached hydrogen (secondary N) is 1. The highest BCUT2D eigenvalue weighted by molar-refractivity contribution is 5.76. The van der Waals surface area contributed by atoms with Gasteiger partial charge in [-0.05, 0) is 30.2 Å². The molecule has 1 N–H and O–H groups in total. The van der Waals surface area contributed by atoms with Gasteiger partial charge in [0.25, 0.3) is 0 Å². The highest BCUT2D eigenvalue weighted by Crippen LogP contribution is 2.33. The summed E-state index contributed by atoms with van der Waals surface area (Å²) in [5.41, 5.74) is 3.25. The summed E-state index contributed by atoms with van der Waals surface area (Å²) in [5, 5.41) is 2.98. The molecule has 1 atom stereocenters. The van der Waals surface area contributed by atoms with E-state index in [4.69, 9.17) is 9.47 Å². The summed E-state index contributed by atoms with van der Waals surface area (Å²) < 4.78 is 10.7. The van der Waals surface area contributed by atoms with Crippen molar-refractivity contribution in [1.82, 2.24) is 10.2 Å². The number of hydrogen-bond acceptors (Lipinski definition) is 3. The molecule has 0 radical (unpaired) electrons. The molecule has 0 unspecified atom stereocenters.